The molecular weight excluding hydrogens is 332 g/mol. The molecule has 0 spiro atoms. The molecule has 2 aliphatic heterocycles. The van der Waals surface area contributed by atoms with Crippen LogP contribution in [0.15, 0.2) is 29.0 Å². The van der Waals surface area contributed by atoms with E-state index in [2.05, 4.69) is 15.1 Å². The summed E-state index contributed by atoms with van der Waals surface area (Å²) in [5.74, 6) is 2.43. The van der Waals surface area contributed by atoms with Crippen LogP contribution in [0, 0.1) is 5.92 Å². The lowest BCUT2D eigenvalue weighted by molar-refractivity contribution is 0.0778. The van der Waals surface area contributed by atoms with Crippen LogP contribution in [0.25, 0.3) is 0 Å². The van der Waals surface area contributed by atoms with E-state index in [0.29, 0.717) is 17.4 Å². The number of nitrogens with zero attached hydrogens (tertiary/aromatic N) is 4. The van der Waals surface area contributed by atoms with Gasteiger partial charge in [-0.05, 0) is 43.7 Å². The first-order valence-electron chi connectivity index (χ1n) is 9.39. The number of hydrogen-bond acceptors (Lipinski definition) is 6. The van der Waals surface area contributed by atoms with E-state index < -0.39 is 0 Å². The number of aromatic nitrogens is 3. The number of carbonyl (C=O) groups is 1. The maximum atomic E-state index is 12.5. The predicted octanol–water partition coefficient (Wildman–Crippen LogP) is 2.45. The summed E-state index contributed by atoms with van der Waals surface area (Å²) in [5, 5.41) is 4.14. The van der Waals surface area contributed by atoms with Crippen LogP contribution in [-0.4, -0.2) is 52.2 Å². The minimum absolute atomic E-state index is 0.0713. The van der Waals surface area contributed by atoms with E-state index in [0.717, 1.165) is 70.1 Å². The van der Waals surface area contributed by atoms with Crippen molar-refractivity contribution in [1.29, 1.82) is 0 Å². The van der Waals surface area contributed by atoms with Gasteiger partial charge in [-0.3, -0.25) is 9.78 Å². The Morgan fingerprint density at radius 3 is 2.96 bits per heavy atom. The second-order valence-corrected chi connectivity index (χ2v) is 7.12. The lowest BCUT2D eigenvalue weighted by Crippen LogP contribution is -2.28. The maximum absolute atomic E-state index is 12.5. The van der Waals surface area contributed by atoms with Gasteiger partial charge >= 0.3 is 0 Å². The molecule has 2 aromatic heterocycles. The fourth-order valence-corrected chi connectivity index (χ4v) is 3.74. The van der Waals surface area contributed by atoms with E-state index >= 15 is 0 Å². The number of hydrogen-bond donors (Lipinski definition) is 0. The van der Waals surface area contributed by atoms with Crippen molar-refractivity contribution < 1.29 is 14.1 Å². The minimum atomic E-state index is 0.0713. The molecule has 0 saturated carbocycles. The molecule has 0 radical (unpaired) electrons. The maximum Gasteiger partial charge on any atom is 0.255 e. The van der Waals surface area contributed by atoms with Gasteiger partial charge in [-0.25, -0.2) is 0 Å². The number of carbonyl (C=O) groups excluding carboxylic acids is 1. The van der Waals surface area contributed by atoms with E-state index in [9.17, 15) is 4.79 Å². The van der Waals surface area contributed by atoms with Crippen LogP contribution in [0.3, 0.4) is 0 Å². The third-order valence-electron chi connectivity index (χ3n) is 5.31. The SMILES string of the molecule is O=C(c1cccnc1)N1CCC(CCc2noc(C3CCOCC3)n2)C1. The van der Waals surface area contributed by atoms with Crippen molar-refractivity contribution in [2.24, 2.45) is 5.92 Å². The Bertz CT molecular complexity index is 727. The van der Waals surface area contributed by atoms with Gasteiger partial charge in [0, 0.05) is 51.0 Å². The summed E-state index contributed by atoms with van der Waals surface area (Å²) in [4.78, 5) is 23.0. The first-order valence-corrected chi connectivity index (χ1v) is 9.39. The van der Waals surface area contributed by atoms with E-state index in [1.165, 1.54) is 0 Å². The van der Waals surface area contributed by atoms with E-state index in [1.807, 2.05) is 11.0 Å². The summed E-state index contributed by atoms with van der Waals surface area (Å²) in [6.07, 6.45) is 8.02. The molecule has 2 aliphatic rings. The number of likely N-dealkylation sites (tertiary alicyclic amines) is 1. The fourth-order valence-electron chi connectivity index (χ4n) is 3.74. The van der Waals surface area contributed by atoms with Gasteiger partial charge < -0.3 is 14.2 Å². The standard InChI is InChI=1S/C19H24N4O3/c24-19(16-2-1-8-20-12-16)23-9-5-14(13-23)3-4-17-21-18(26-22-17)15-6-10-25-11-7-15/h1-2,8,12,14-15H,3-7,9-11,13H2. The molecule has 26 heavy (non-hydrogen) atoms. The molecule has 2 fully saturated rings. The van der Waals surface area contributed by atoms with Crippen LogP contribution in [-0.2, 0) is 11.2 Å². The van der Waals surface area contributed by atoms with Gasteiger partial charge in [-0.1, -0.05) is 5.16 Å². The minimum Gasteiger partial charge on any atom is -0.381 e. The van der Waals surface area contributed by atoms with Crippen LogP contribution >= 0.6 is 0 Å². The third kappa shape index (κ3) is 3.93. The normalized spacial score (nSPS) is 21.2. The van der Waals surface area contributed by atoms with Gasteiger partial charge in [0.1, 0.15) is 0 Å². The molecule has 2 aromatic rings. The molecule has 0 aromatic carbocycles. The number of rotatable bonds is 5. The molecule has 4 heterocycles. The molecule has 7 nitrogen and oxygen atoms in total. The third-order valence-corrected chi connectivity index (χ3v) is 5.31. The second kappa shape index (κ2) is 7.95. The van der Waals surface area contributed by atoms with Gasteiger partial charge in [0.25, 0.3) is 5.91 Å². The zero-order valence-corrected chi connectivity index (χ0v) is 14.8. The first kappa shape index (κ1) is 17.1. The van der Waals surface area contributed by atoms with Gasteiger partial charge in [0.05, 0.1) is 5.56 Å². The largest absolute Gasteiger partial charge is 0.381 e. The van der Waals surface area contributed by atoms with Crippen LogP contribution in [0.5, 0.6) is 0 Å². The van der Waals surface area contributed by atoms with Crippen molar-refractivity contribution in [3.05, 3.63) is 41.8 Å². The van der Waals surface area contributed by atoms with E-state index in [-0.39, 0.29) is 5.91 Å². The van der Waals surface area contributed by atoms with Gasteiger partial charge in [-0.2, -0.15) is 4.98 Å². The highest BCUT2D eigenvalue weighted by atomic mass is 16.5. The Morgan fingerprint density at radius 1 is 1.27 bits per heavy atom. The van der Waals surface area contributed by atoms with Crippen LogP contribution in [0.4, 0.5) is 0 Å². The highest BCUT2D eigenvalue weighted by Gasteiger charge is 2.27. The summed E-state index contributed by atoms with van der Waals surface area (Å²) in [6, 6.07) is 3.62. The van der Waals surface area contributed by atoms with Crippen molar-refractivity contribution >= 4 is 5.91 Å². The molecule has 2 saturated heterocycles. The average molecular weight is 356 g/mol. The lowest BCUT2D eigenvalue weighted by Gasteiger charge is -2.17. The Morgan fingerprint density at radius 2 is 2.15 bits per heavy atom. The summed E-state index contributed by atoms with van der Waals surface area (Å²) >= 11 is 0. The van der Waals surface area contributed by atoms with Crippen molar-refractivity contribution in [3.8, 4) is 0 Å². The quantitative estimate of drug-likeness (QED) is 0.818. The number of ether oxygens (including phenoxy) is 1. The summed E-state index contributed by atoms with van der Waals surface area (Å²) in [6.45, 7) is 3.13. The zero-order valence-electron chi connectivity index (χ0n) is 14.8. The smallest absolute Gasteiger partial charge is 0.255 e. The van der Waals surface area contributed by atoms with Crippen molar-refractivity contribution in [2.45, 2.75) is 38.0 Å². The lowest BCUT2D eigenvalue weighted by atomic mass is 10.0. The average Bonchev–Trinajstić information content (AvgIpc) is 3.37. The van der Waals surface area contributed by atoms with Gasteiger partial charge in [0.2, 0.25) is 5.89 Å². The molecule has 1 unspecified atom stereocenters. The molecule has 0 N–H and O–H groups in total. The van der Waals surface area contributed by atoms with Crippen LogP contribution < -0.4 is 0 Å². The van der Waals surface area contributed by atoms with Crippen molar-refractivity contribution in [3.63, 3.8) is 0 Å². The number of aryl methyl sites for hydroxylation is 1. The van der Waals surface area contributed by atoms with Crippen molar-refractivity contribution in [2.75, 3.05) is 26.3 Å². The molecule has 7 heteroatoms. The first-order chi connectivity index (χ1) is 12.8. The van der Waals surface area contributed by atoms with Gasteiger partial charge in [0.15, 0.2) is 5.82 Å². The second-order valence-electron chi connectivity index (χ2n) is 7.12. The summed E-state index contributed by atoms with van der Waals surface area (Å²) in [7, 11) is 0. The molecule has 1 amide bonds. The van der Waals surface area contributed by atoms with E-state index in [4.69, 9.17) is 9.26 Å². The highest BCUT2D eigenvalue weighted by molar-refractivity contribution is 5.94. The Labute approximate surface area is 152 Å². The molecule has 0 bridgehead atoms. The Kier molecular flexibility index (Phi) is 5.24. The molecule has 1 atom stereocenters. The van der Waals surface area contributed by atoms with Crippen LogP contribution in [0.2, 0.25) is 0 Å². The van der Waals surface area contributed by atoms with E-state index in [1.54, 1.807) is 18.5 Å². The number of amides is 1. The van der Waals surface area contributed by atoms with Crippen molar-refractivity contribution in [1.82, 2.24) is 20.0 Å². The topological polar surface area (TPSA) is 81.4 Å². The van der Waals surface area contributed by atoms with Gasteiger partial charge in [-0.15, -0.1) is 0 Å². The molecule has 138 valence electrons. The highest BCUT2D eigenvalue weighted by Crippen LogP contribution is 2.26. The Balaban J connectivity index is 1.27. The monoisotopic (exact) mass is 356 g/mol. The molecular formula is C19H24N4O3. The molecule has 4 rings (SSSR count). The zero-order chi connectivity index (χ0) is 17.8. The summed E-state index contributed by atoms with van der Waals surface area (Å²) < 4.78 is 10.8. The Hall–Kier alpha value is -2.28. The fraction of sp³-hybridized carbons (Fsp3) is 0.579. The summed E-state index contributed by atoms with van der Waals surface area (Å²) in [5.41, 5.74) is 0.660. The predicted molar refractivity (Wildman–Crippen MR) is 93.7 cm³/mol. The van der Waals surface area contributed by atoms with Crippen LogP contribution in [0.1, 0.15) is 53.7 Å². The number of pyridine rings is 1. The molecule has 0 aliphatic carbocycles.